The van der Waals surface area contributed by atoms with Gasteiger partial charge in [0, 0.05) is 12.3 Å². The summed E-state index contributed by atoms with van der Waals surface area (Å²) in [7, 11) is 1.49. The van der Waals surface area contributed by atoms with Gasteiger partial charge in [0.05, 0.1) is 18.7 Å². The van der Waals surface area contributed by atoms with Gasteiger partial charge in [0.1, 0.15) is 0 Å². The molecular weight excluding hydrogens is 368 g/mol. The minimum absolute atomic E-state index is 0.229. The molecule has 148 valence electrons. The average Bonchev–Trinajstić information content (AvgIpc) is 2.78. The molecule has 0 aliphatic carbocycles. The summed E-state index contributed by atoms with van der Waals surface area (Å²) in [6, 6.07) is 22.5. The Bertz CT molecular complexity index is 928. The van der Waals surface area contributed by atoms with Crippen LogP contribution >= 0.6 is 0 Å². The fourth-order valence-corrected chi connectivity index (χ4v) is 2.86. The number of hydrogen-bond donors (Lipinski definition) is 1. The van der Waals surface area contributed by atoms with Gasteiger partial charge in [0.15, 0.2) is 6.61 Å². The Balaban J connectivity index is 1.61. The molecule has 1 heterocycles. The number of nitrogens with one attached hydrogen (secondary N) is 1. The molecule has 0 spiro atoms. The number of nitrogens with zero attached hydrogens (tertiary/aromatic N) is 1. The van der Waals surface area contributed by atoms with Gasteiger partial charge >= 0.3 is 5.97 Å². The molecule has 3 aromatic rings. The zero-order chi connectivity index (χ0) is 20.5. The summed E-state index contributed by atoms with van der Waals surface area (Å²) < 4.78 is 10.1. The van der Waals surface area contributed by atoms with Gasteiger partial charge in [-0.05, 0) is 23.6 Å². The first-order valence-corrected chi connectivity index (χ1v) is 9.21. The van der Waals surface area contributed by atoms with Gasteiger partial charge in [0.25, 0.3) is 5.91 Å². The van der Waals surface area contributed by atoms with E-state index in [4.69, 9.17) is 9.47 Å². The molecule has 29 heavy (non-hydrogen) atoms. The minimum atomic E-state index is -0.616. The van der Waals surface area contributed by atoms with Gasteiger partial charge < -0.3 is 14.8 Å². The molecule has 0 bridgehead atoms. The molecule has 0 fully saturated rings. The van der Waals surface area contributed by atoms with Crippen molar-refractivity contribution in [2.75, 3.05) is 13.7 Å². The Kier molecular flexibility index (Phi) is 6.95. The van der Waals surface area contributed by atoms with Crippen molar-refractivity contribution >= 4 is 11.9 Å². The van der Waals surface area contributed by atoms with Crippen molar-refractivity contribution in [1.82, 2.24) is 10.3 Å². The molecular formula is C23H22N2O4. The fourth-order valence-electron chi connectivity index (χ4n) is 2.86. The third kappa shape index (κ3) is 5.90. The van der Waals surface area contributed by atoms with Crippen LogP contribution in [0.2, 0.25) is 0 Å². The maximum Gasteiger partial charge on any atom is 0.340 e. The van der Waals surface area contributed by atoms with Crippen LogP contribution in [0.1, 0.15) is 27.5 Å². The van der Waals surface area contributed by atoms with Crippen LogP contribution in [-0.4, -0.2) is 30.6 Å². The number of amides is 1. The van der Waals surface area contributed by atoms with Crippen molar-refractivity contribution in [3.05, 3.63) is 95.7 Å². The van der Waals surface area contributed by atoms with Crippen LogP contribution < -0.4 is 10.1 Å². The molecule has 0 aliphatic heterocycles. The number of pyridine rings is 1. The molecule has 2 aromatic carbocycles. The highest BCUT2D eigenvalue weighted by Gasteiger charge is 2.17. The molecule has 1 atom stereocenters. The second kappa shape index (κ2) is 10.0. The van der Waals surface area contributed by atoms with Crippen molar-refractivity contribution in [2.24, 2.45) is 0 Å². The largest absolute Gasteiger partial charge is 0.481 e. The number of ether oxygens (including phenoxy) is 2. The van der Waals surface area contributed by atoms with E-state index in [0.29, 0.717) is 12.3 Å². The molecule has 3 rings (SSSR count). The van der Waals surface area contributed by atoms with E-state index in [-0.39, 0.29) is 24.1 Å². The number of carbonyl (C=O) groups excluding carboxylic acids is 2. The van der Waals surface area contributed by atoms with Crippen LogP contribution in [0.15, 0.2) is 79.0 Å². The topological polar surface area (TPSA) is 77.5 Å². The summed E-state index contributed by atoms with van der Waals surface area (Å²) >= 11 is 0. The van der Waals surface area contributed by atoms with Crippen molar-refractivity contribution in [3.63, 3.8) is 0 Å². The predicted octanol–water partition coefficient (Wildman–Crippen LogP) is 3.35. The predicted molar refractivity (Wildman–Crippen MR) is 109 cm³/mol. The standard InChI is InChI=1S/C23H22N2O4/c1-28-22-13-12-19(15-24-22)23(27)29-16-21(26)25-20(18-10-6-3-7-11-18)14-17-8-4-2-5-9-17/h2-13,15,20H,14,16H2,1H3,(H,25,26). The van der Waals surface area contributed by atoms with Gasteiger partial charge in [0.2, 0.25) is 5.88 Å². The van der Waals surface area contributed by atoms with Crippen LogP contribution in [0.3, 0.4) is 0 Å². The Morgan fingerprint density at radius 2 is 1.66 bits per heavy atom. The monoisotopic (exact) mass is 390 g/mol. The van der Waals surface area contributed by atoms with E-state index in [0.717, 1.165) is 11.1 Å². The van der Waals surface area contributed by atoms with Crippen molar-refractivity contribution < 1.29 is 19.1 Å². The second-order valence-corrected chi connectivity index (χ2v) is 6.39. The summed E-state index contributed by atoms with van der Waals surface area (Å²) in [6.45, 7) is -0.372. The Hall–Kier alpha value is -3.67. The van der Waals surface area contributed by atoms with Crippen molar-refractivity contribution in [1.29, 1.82) is 0 Å². The highest BCUT2D eigenvalue weighted by atomic mass is 16.5. The van der Waals surface area contributed by atoms with Crippen molar-refractivity contribution in [2.45, 2.75) is 12.5 Å². The Morgan fingerprint density at radius 1 is 0.966 bits per heavy atom. The molecule has 1 aromatic heterocycles. The molecule has 6 nitrogen and oxygen atoms in total. The molecule has 1 unspecified atom stereocenters. The summed E-state index contributed by atoms with van der Waals surface area (Å²) in [4.78, 5) is 28.5. The molecule has 0 saturated carbocycles. The average molecular weight is 390 g/mol. The van der Waals surface area contributed by atoms with Gasteiger partial charge in [-0.3, -0.25) is 4.79 Å². The number of carbonyl (C=O) groups is 2. The van der Waals surface area contributed by atoms with E-state index in [9.17, 15) is 9.59 Å². The quantitative estimate of drug-likeness (QED) is 0.597. The van der Waals surface area contributed by atoms with E-state index in [2.05, 4.69) is 10.3 Å². The third-order valence-electron chi connectivity index (χ3n) is 4.34. The van der Waals surface area contributed by atoms with E-state index >= 15 is 0 Å². The molecule has 6 heteroatoms. The van der Waals surface area contributed by atoms with E-state index in [1.807, 2.05) is 60.7 Å². The smallest absolute Gasteiger partial charge is 0.340 e. The van der Waals surface area contributed by atoms with Gasteiger partial charge in [-0.15, -0.1) is 0 Å². The normalized spacial score (nSPS) is 11.3. The van der Waals surface area contributed by atoms with E-state index < -0.39 is 5.97 Å². The lowest BCUT2D eigenvalue weighted by molar-refractivity contribution is -0.125. The fraction of sp³-hybridized carbons (Fsp3) is 0.174. The number of esters is 1. The van der Waals surface area contributed by atoms with Crippen LogP contribution in [0.5, 0.6) is 5.88 Å². The van der Waals surface area contributed by atoms with Crippen LogP contribution in [0.25, 0.3) is 0 Å². The number of rotatable bonds is 8. The lowest BCUT2D eigenvalue weighted by Gasteiger charge is -2.19. The van der Waals surface area contributed by atoms with Gasteiger partial charge in [-0.2, -0.15) is 0 Å². The van der Waals surface area contributed by atoms with Crippen LogP contribution in [0, 0.1) is 0 Å². The number of benzene rings is 2. The summed E-state index contributed by atoms with van der Waals surface area (Å²) in [5, 5.41) is 2.96. The first kappa shape index (κ1) is 20.1. The number of hydrogen-bond acceptors (Lipinski definition) is 5. The van der Waals surface area contributed by atoms with E-state index in [1.165, 1.54) is 19.4 Å². The maximum atomic E-state index is 12.4. The van der Waals surface area contributed by atoms with Gasteiger partial charge in [-0.25, -0.2) is 9.78 Å². The second-order valence-electron chi connectivity index (χ2n) is 6.39. The maximum absolute atomic E-state index is 12.4. The summed E-state index contributed by atoms with van der Waals surface area (Å²) in [5.74, 6) is -0.592. The summed E-state index contributed by atoms with van der Waals surface area (Å²) in [6.07, 6.45) is 1.98. The zero-order valence-corrected chi connectivity index (χ0v) is 16.1. The number of methoxy groups -OCH3 is 1. The summed E-state index contributed by atoms with van der Waals surface area (Å²) in [5.41, 5.74) is 2.33. The first-order valence-electron chi connectivity index (χ1n) is 9.21. The first-order chi connectivity index (χ1) is 14.2. The highest BCUT2D eigenvalue weighted by Crippen LogP contribution is 2.18. The molecule has 0 saturated heterocycles. The van der Waals surface area contributed by atoms with Gasteiger partial charge in [-0.1, -0.05) is 60.7 Å². The molecule has 0 radical (unpaired) electrons. The number of aromatic nitrogens is 1. The molecule has 1 amide bonds. The van der Waals surface area contributed by atoms with E-state index in [1.54, 1.807) is 6.07 Å². The lowest BCUT2D eigenvalue weighted by atomic mass is 9.99. The van der Waals surface area contributed by atoms with Crippen LogP contribution in [0.4, 0.5) is 0 Å². The highest BCUT2D eigenvalue weighted by molar-refractivity contribution is 5.91. The van der Waals surface area contributed by atoms with Crippen LogP contribution in [-0.2, 0) is 16.0 Å². The lowest BCUT2D eigenvalue weighted by Crippen LogP contribution is -2.33. The zero-order valence-electron chi connectivity index (χ0n) is 16.1. The molecule has 0 aliphatic rings. The Morgan fingerprint density at radius 3 is 2.28 bits per heavy atom. The van der Waals surface area contributed by atoms with Crippen molar-refractivity contribution in [3.8, 4) is 5.88 Å². The Labute approximate surface area is 169 Å². The third-order valence-corrected chi connectivity index (χ3v) is 4.34. The minimum Gasteiger partial charge on any atom is -0.481 e. The molecule has 1 N–H and O–H groups in total. The SMILES string of the molecule is COc1ccc(C(=O)OCC(=O)NC(Cc2ccccc2)c2ccccc2)cn1.